The molecule has 8 nitrogen and oxygen atoms in total. The largest absolute Gasteiger partial charge is 0.336 e. The van der Waals surface area contributed by atoms with Crippen molar-refractivity contribution in [2.45, 2.75) is 13.5 Å². The van der Waals surface area contributed by atoms with Gasteiger partial charge in [-0.05, 0) is 43.3 Å². The highest BCUT2D eigenvalue weighted by Crippen LogP contribution is 2.16. The Hall–Kier alpha value is -3.33. The third kappa shape index (κ3) is 4.30. The Bertz CT molecular complexity index is 1070. The number of amides is 2. The number of halogens is 1. The molecule has 1 aliphatic heterocycles. The molecule has 0 atom stereocenters. The average molecular weight is 410 g/mol. The van der Waals surface area contributed by atoms with Crippen molar-refractivity contribution in [3.8, 4) is 0 Å². The molecule has 156 valence electrons. The van der Waals surface area contributed by atoms with E-state index in [9.17, 15) is 14.0 Å². The molecule has 1 aromatic heterocycles. The normalized spacial score (nSPS) is 14.8. The van der Waals surface area contributed by atoms with E-state index >= 15 is 0 Å². The van der Waals surface area contributed by atoms with Crippen LogP contribution in [0.3, 0.4) is 0 Å². The van der Waals surface area contributed by atoms with Crippen LogP contribution < -0.4 is 5.32 Å². The fraction of sp³-hybridized carbons (Fsp3) is 0.333. The van der Waals surface area contributed by atoms with Crippen LogP contribution in [-0.4, -0.2) is 69.3 Å². The summed E-state index contributed by atoms with van der Waals surface area (Å²) in [4.78, 5) is 28.8. The zero-order valence-electron chi connectivity index (χ0n) is 16.7. The number of aryl methyl sites for hydroxylation is 1. The van der Waals surface area contributed by atoms with Gasteiger partial charge in [0, 0.05) is 44.0 Å². The number of carbonyl (C=O) groups excluding carboxylic acids is 2. The number of carbonyl (C=O) groups is 2. The predicted octanol–water partition coefficient (Wildman–Crippen LogP) is 1.99. The van der Waals surface area contributed by atoms with Gasteiger partial charge in [-0.2, -0.15) is 0 Å². The first kappa shape index (κ1) is 20.0. The first-order chi connectivity index (χ1) is 14.5. The highest BCUT2D eigenvalue weighted by atomic mass is 19.1. The van der Waals surface area contributed by atoms with Gasteiger partial charge >= 0.3 is 0 Å². The SMILES string of the molecule is CCn1nnc2cc(C(=O)N3CCN(CC(=O)Nc4cccc(F)c4)CC3)ccc21. The predicted molar refractivity (Wildman–Crippen MR) is 111 cm³/mol. The van der Waals surface area contributed by atoms with E-state index in [1.807, 2.05) is 17.9 Å². The van der Waals surface area contributed by atoms with E-state index in [-0.39, 0.29) is 18.4 Å². The highest BCUT2D eigenvalue weighted by molar-refractivity contribution is 5.97. The van der Waals surface area contributed by atoms with Gasteiger partial charge in [-0.3, -0.25) is 14.5 Å². The van der Waals surface area contributed by atoms with Gasteiger partial charge in [0.25, 0.3) is 5.91 Å². The van der Waals surface area contributed by atoms with Gasteiger partial charge in [0.05, 0.1) is 12.1 Å². The summed E-state index contributed by atoms with van der Waals surface area (Å²) >= 11 is 0. The monoisotopic (exact) mass is 410 g/mol. The molecule has 1 aliphatic rings. The number of hydrogen-bond acceptors (Lipinski definition) is 5. The third-order valence-corrected chi connectivity index (χ3v) is 5.20. The Kier molecular flexibility index (Phi) is 5.71. The Labute approximate surface area is 173 Å². The number of anilines is 1. The lowest BCUT2D eigenvalue weighted by Gasteiger charge is -2.34. The molecular formula is C21H23FN6O2. The Morgan fingerprint density at radius 3 is 2.63 bits per heavy atom. The summed E-state index contributed by atoms with van der Waals surface area (Å²) in [5, 5.41) is 10.9. The number of hydrogen-bond donors (Lipinski definition) is 1. The lowest BCUT2D eigenvalue weighted by Crippen LogP contribution is -2.50. The van der Waals surface area contributed by atoms with Gasteiger partial charge in [0.15, 0.2) is 0 Å². The number of aromatic nitrogens is 3. The summed E-state index contributed by atoms with van der Waals surface area (Å²) < 4.78 is 15.0. The standard InChI is InChI=1S/C21H23FN6O2/c1-2-28-19-7-6-15(12-18(19)24-25-28)21(30)27-10-8-26(9-11-27)14-20(29)23-17-5-3-4-16(22)13-17/h3-7,12-13H,2,8-11,14H2,1H3,(H,23,29). The second kappa shape index (κ2) is 8.58. The van der Waals surface area contributed by atoms with E-state index in [0.717, 1.165) is 12.1 Å². The van der Waals surface area contributed by atoms with E-state index in [2.05, 4.69) is 15.6 Å². The van der Waals surface area contributed by atoms with Crippen LogP contribution in [0.2, 0.25) is 0 Å². The molecule has 1 N–H and O–H groups in total. The second-order valence-corrected chi connectivity index (χ2v) is 7.24. The molecular weight excluding hydrogens is 387 g/mol. The van der Waals surface area contributed by atoms with Gasteiger partial charge in [-0.15, -0.1) is 5.10 Å². The van der Waals surface area contributed by atoms with Crippen molar-refractivity contribution in [3.63, 3.8) is 0 Å². The smallest absolute Gasteiger partial charge is 0.254 e. The van der Waals surface area contributed by atoms with Gasteiger partial charge in [0.1, 0.15) is 11.3 Å². The molecule has 0 aliphatic carbocycles. The molecule has 1 saturated heterocycles. The number of fused-ring (bicyclic) bond motifs is 1. The maximum Gasteiger partial charge on any atom is 0.254 e. The van der Waals surface area contributed by atoms with Crippen LogP contribution in [-0.2, 0) is 11.3 Å². The molecule has 2 amide bonds. The summed E-state index contributed by atoms with van der Waals surface area (Å²) in [5.74, 6) is -0.646. The van der Waals surface area contributed by atoms with Crippen LogP contribution in [0.25, 0.3) is 11.0 Å². The quantitative estimate of drug-likeness (QED) is 0.696. The van der Waals surface area contributed by atoms with Gasteiger partial charge < -0.3 is 10.2 Å². The molecule has 2 heterocycles. The first-order valence-corrected chi connectivity index (χ1v) is 9.94. The summed E-state index contributed by atoms with van der Waals surface area (Å²) in [5.41, 5.74) is 2.63. The third-order valence-electron chi connectivity index (χ3n) is 5.20. The minimum atomic E-state index is -0.393. The van der Waals surface area contributed by atoms with Crippen LogP contribution in [0.5, 0.6) is 0 Å². The minimum Gasteiger partial charge on any atom is -0.336 e. The summed E-state index contributed by atoms with van der Waals surface area (Å²) in [6.45, 7) is 5.17. The Morgan fingerprint density at radius 1 is 1.10 bits per heavy atom. The molecule has 0 saturated carbocycles. The van der Waals surface area contributed by atoms with Crippen LogP contribution >= 0.6 is 0 Å². The van der Waals surface area contributed by atoms with Gasteiger partial charge in [0.2, 0.25) is 5.91 Å². The lowest BCUT2D eigenvalue weighted by molar-refractivity contribution is -0.117. The van der Waals surface area contributed by atoms with Gasteiger partial charge in [-0.1, -0.05) is 11.3 Å². The van der Waals surface area contributed by atoms with E-state index in [4.69, 9.17) is 0 Å². The summed E-state index contributed by atoms with van der Waals surface area (Å²) in [6, 6.07) is 11.3. The number of nitrogens with zero attached hydrogens (tertiary/aromatic N) is 5. The molecule has 3 aromatic rings. The Balaban J connectivity index is 1.31. The Morgan fingerprint density at radius 2 is 1.90 bits per heavy atom. The van der Waals surface area contributed by atoms with Crippen LogP contribution in [0.4, 0.5) is 10.1 Å². The number of benzene rings is 2. The molecule has 30 heavy (non-hydrogen) atoms. The van der Waals surface area contributed by atoms with Crippen LogP contribution in [0.1, 0.15) is 17.3 Å². The molecule has 9 heteroatoms. The summed E-state index contributed by atoms with van der Waals surface area (Å²) in [6.07, 6.45) is 0. The van der Waals surface area contributed by atoms with E-state index in [1.54, 1.807) is 33.8 Å². The molecule has 0 unspecified atom stereocenters. The average Bonchev–Trinajstić information content (AvgIpc) is 3.16. The van der Waals surface area contributed by atoms with Crippen LogP contribution in [0, 0.1) is 5.82 Å². The van der Waals surface area contributed by atoms with E-state index in [0.29, 0.717) is 42.9 Å². The molecule has 0 radical (unpaired) electrons. The molecule has 1 fully saturated rings. The van der Waals surface area contributed by atoms with E-state index < -0.39 is 5.82 Å². The fourth-order valence-electron chi connectivity index (χ4n) is 3.60. The molecule has 0 bridgehead atoms. The minimum absolute atomic E-state index is 0.0492. The van der Waals surface area contributed by atoms with Crippen molar-refractivity contribution in [1.82, 2.24) is 24.8 Å². The van der Waals surface area contributed by atoms with Gasteiger partial charge in [-0.25, -0.2) is 9.07 Å². The number of piperazine rings is 1. The molecule has 0 spiro atoms. The zero-order chi connectivity index (χ0) is 21.1. The molecule has 4 rings (SSSR count). The second-order valence-electron chi connectivity index (χ2n) is 7.24. The fourth-order valence-corrected chi connectivity index (χ4v) is 3.60. The van der Waals surface area contributed by atoms with Crippen molar-refractivity contribution in [2.24, 2.45) is 0 Å². The summed E-state index contributed by atoms with van der Waals surface area (Å²) in [7, 11) is 0. The van der Waals surface area contributed by atoms with Crippen molar-refractivity contribution in [1.29, 1.82) is 0 Å². The zero-order valence-corrected chi connectivity index (χ0v) is 16.7. The van der Waals surface area contributed by atoms with Crippen molar-refractivity contribution >= 4 is 28.5 Å². The number of rotatable bonds is 5. The highest BCUT2D eigenvalue weighted by Gasteiger charge is 2.24. The first-order valence-electron chi connectivity index (χ1n) is 9.94. The number of nitrogens with one attached hydrogen (secondary N) is 1. The van der Waals surface area contributed by atoms with Crippen molar-refractivity contribution in [2.75, 3.05) is 38.0 Å². The van der Waals surface area contributed by atoms with Crippen molar-refractivity contribution < 1.29 is 14.0 Å². The molecule has 2 aromatic carbocycles. The maximum absolute atomic E-state index is 13.2. The maximum atomic E-state index is 13.2. The topological polar surface area (TPSA) is 83.4 Å². The van der Waals surface area contributed by atoms with Crippen molar-refractivity contribution in [3.05, 3.63) is 53.8 Å². The lowest BCUT2D eigenvalue weighted by atomic mass is 10.1. The van der Waals surface area contributed by atoms with Crippen LogP contribution in [0.15, 0.2) is 42.5 Å². The van der Waals surface area contributed by atoms with E-state index in [1.165, 1.54) is 12.1 Å².